The second kappa shape index (κ2) is 6.01. The molecule has 0 bridgehead atoms. The van der Waals surface area contributed by atoms with E-state index in [-0.39, 0.29) is 5.91 Å². The molecule has 0 aromatic carbocycles. The van der Waals surface area contributed by atoms with Crippen LogP contribution in [0, 0.1) is 0 Å². The van der Waals surface area contributed by atoms with Gasteiger partial charge in [-0.1, -0.05) is 0 Å². The Labute approximate surface area is 120 Å². The summed E-state index contributed by atoms with van der Waals surface area (Å²) in [5, 5.41) is 10.7. The fraction of sp³-hybridized carbons (Fsp3) is 0.417. The van der Waals surface area contributed by atoms with Gasteiger partial charge in [-0.05, 0) is 28.9 Å². The van der Waals surface area contributed by atoms with Crippen molar-refractivity contribution in [2.45, 2.75) is 19.9 Å². The van der Waals surface area contributed by atoms with Gasteiger partial charge < -0.3 is 14.5 Å². The Balaban J connectivity index is 1.92. The first-order valence-electron chi connectivity index (χ1n) is 6.08. The summed E-state index contributed by atoms with van der Waals surface area (Å²) in [5.41, 5.74) is 0.660. The van der Waals surface area contributed by atoms with Gasteiger partial charge in [0.1, 0.15) is 17.8 Å². The predicted molar refractivity (Wildman–Crippen MR) is 74.8 cm³/mol. The number of aryl methyl sites for hydroxylation is 2. The second-order valence-corrected chi connectivity index (χ2v) is 5.11. The van der Waals surface area contributed by atoms with E-state index in [4.69, 9.17) is 0 Å². The summed E-state index contributed by atoms with van der Waals surface area (Å²) in [7, 11) is 1.89. The van der Waals surface area contributed by atoms with E-state index in [2.05, 4.69) is 31.4 Å². The molecule has 0 radical (unpaired) electrons. The van der Waals surface area contributed by atoms with Crippen LogP contribution in [-0.4, -0.2) is 31.8 Å². The lowest BCUT2D eigenvalue weighted by atomic mass is 10.3. The maximum atomic E-state index is 12.1. The van der Waals surface area contributed by atoms with Gasteiger partial charge in [0.25, 0.3) is 5.91 Å². The molecule has 19 heavy (non-hydrogen) atoms. The molecule has 1 amide bonds. The quantitative estimate of drug-likeness (QED) is 0.903. The molecule has 0 unspecified atom stereocenters. The average Bonchev–Trinajstić information content (AvgIpc) is 2.95. The molecule has 2 aromatic rings. The molecule has 2 rings (SSSR count). The molecule has 0 atom stereocenters. The van der Waals surface area contributed by atoms with Gasteiger partial charge >= 0.3 is 0 Å². The van der Waals surface area contributed by atoms with Crippen molar-refractivity contribution < 1.29 is 4.79 Å². The first kappa shape index (κ1) is 13.8. The average molecular weight is 326 g/mol. The summed E-state index contributed by atoms with van der Waals surface area (Å²) in [4.78, 5) is 12.1. The molecular weight excluding hydrogens is 310 g/mol. The minimum absolute atomic E-state index is 0.0743. The topological polar surface area (TPSA) is 64.7 Å². The molecule has 0 aliphatic rings. The third kappa shape index (κ3) is 3.23. The van der Waals surface area contributed by atoms with Crippen molar-refractivity contribution in [3.8, 4) is 0 Å². The van der Waals surface area contributed by atoms with Gasteiger partial charge in [0.2, 0.25) is 0 Å². The van der Waals surface area contributed by atoms with Gasteiger partial charge in [0, 0.05) is 37.2 Å². The number of halogens is 1. The van der Waals surface area contributed by atoms with Gasteiger partial charge in [-0.2, -0.15) is 0 Å². The van der Waals surface area contributed by atoms with Crippen molar-refractivity contribution in [1.82, 2.24) is 24.6 Å². The standard InChI is InChI=1S/C12H16BrN5O/c1-3-18-7-9(13)6-10(18)12(19)14-5-4-11-16-15-8-17(11)2/h6-8H,3-5H2,1-2H3,(H,14,19). The van der Waals surface area contributed by atoms with Crippen molar-refractivity contribution in [2.24, 2.45) is 7.05 Å². The largest absolute Gasteiger partial charge is 0.350 e. The van der Waals surface area contributed by atoms with Crippen LogP contribution < -0.4 is 5.32 Å². The van der Waals surface area contributed by atoms with Crippen LogP contribution in [0.15, 0.2) is 23.1 Å². The summed E-state index contributed by atoms with van der Waals surface area (Å²) < 4.78 is 4.66. The van der Waals surface area contributed by atoms with E-state index in [9.17, 15) is 4.79 Å². The second-order valence-electron chi connectivity index (χ2n) is 4.19. The van der Waals surface area contributed by atoms with Crippen molar-refractivity contribution in [1.29, 1.82) is 0 Å². The SMILES string of the molecule is CCn1cc(Br)cc1C(=O)NCCc1nncn1C. The number of hydrogen-bond acceptors (Lipinski definition) is 3. The van der Waals surface area contributed by atoms with Crippen LogP contribution in [0.25, 0.3) is 0 Å². The van der Waals surface area contributed by atoms with Crippen molar-refractivity contribution in [3.05, 3.63) is 34.6 Å². The van der Waals surface area contributed by atoms with Crippen LogP contribution in [0.3, 0.4) is 0 Å². The normalized spacial score (nSPS) is 10.7. The Morgan fingerprint density at radius 1 is 1.53 bits per heavy atom. The van der Waals surface area contributed by atoms with Crippen LogP contribution in [-0.2, 0) is 20.0 Å². The highest BCUT2D eigenvalue weighted by molar-refractivity contribution is 9.10. The molecule has 0 saturated carbocycles. The molecule has 0 aliphatic carbocycles. The number of aromatic nitrogens is 4. The van der Waals surface area contributed by atoms with Crippen LogP contribution in [0.1, 0.15) is 23.2 Å². The lowest BCUT2D eigenvalue weighted by Crippen LogP contribution is -2.28. The Morgan fingerprint density at radius 2 is 2.32 bits per heavy atom. The third-order valence-corrected chi connectivity index (χ3v) is 3.31. The van der Waals surface area contributed by atoms with E-state index in [1.807, 2.05) is 35.4 Å². The lowest BCUT2D eigenvalue weighted by Gasteiger charge is -2.07. The highest BCUT2D eigenvalue weighted by Gasteiger charge is 2.12. The first-order valence-corrected chi connectivity index (χ1v) is 6.88. The number of rotatable bonds is 5. The summed E-state index contributed by atoms with van der Waals surface area (Å²) in [5.74, 6) is 0.780. The van der Waals surface area contributed by atoms with E-state index in [0.717, 1.165) is 16.8 Å². The maximum absolute atomic E-state index is 12.1. The molecule has 2 heterocycles. The predicted octanol–water partition coefficient (Wildman–Crippen LogP) is 1.37. The maximum Gasteiger partial charge on any atom is 0.267 e. The van der Waals surface area contributed by atoms with E-state index in [0.29, 0.717) is 18.7 Å². The molecule has 0 saturated heterocycles. The summed E-state index contributed by atoms with van der Waals surface area (Å²) in [6.45, 7) is 3.30. The van der Waals surface area contributed by atoms with Crippen molar-refractivity contribution >= 4 is 21.8 Å². The fourth-order valence-corrected chi connectivity index (χ4v) is 2.30. The Bertz CT molecular complexity index is 574. The molecule has 0 aliphatic heterocycles. The van der Waals surface area contributed by atoms with Gasteiger partial charge in [-0.3, -0.25) is 4.79 Å². The Hall–Kier alpha value is -1.63. The number of hydrogen-bond donors (Lipinski definition) is 1. The molecule has 1 N–H and O–H groups in total. The Morgan fingerprint density at radius 3 is 2.95 bits per heavy atom. The monoisotopic (exact) mass is 325 g/mol. The van der Waals surface area contributed by atoms with Crippen molar-refractivity contribution in [3.63, 3.8) is 0 Å². The minimum atomic E-state index is -0.0743. The highest BCUT2D eigenvalue weighted by atomic mass is 79.9. The van der Waals surface area contributed by atoms with E-state index < -0.39 is 0 Å². The summed E-state index contributed by atoms with van der Waals surface area (Å²) >= 11 is 3.38. The Kier molecular flexibility index (Phi) is 4.36. The van der Waals surface area contributed by atoms with Gasteiger partial charge in [0.15, 0.2) is 0 Å². The molecule has 0 spiro atoms. The number of carbonyl (C=O) groups is 1. The number of carbonyl (C=O) groups excluding carboxylic acids is 1. The van der Waals surface area contributed by atoms with Gasteiger partial charge in [-0.25, -0.2) is 0 Å². The van der Waals surface area contributed by atoms with Gasteiger partial charge in [0.05, 0.1) is 0 Å². The molecule has 2 aromatic heterocycles. The molecule has 102 valence electrons. The highest BCUT2D eigenvalue weighted by Crippen LogP contribution is 2.14. The summed E-state index contributed by atoms with van der Waals surface area (Å²) in [6.07, 6.45) is 4.21. The van der Waals surface area contributed by atoms with E-state index >= 15 is 0 Å². The minimum Gasteiger partial charge on any atom is -0.350 e. The first-order chi connectivity index (χ1) is 9.11. The van der Waals surface area contributed by atoms with Crippen LogP contribution in [0.4, 0.5) is 0 Å². The lowest BCUT2D eigenvalue weighted by molar-refractivity contribution is 0.0944. The zero-order valence-corrected chi connectivity index (χ0v) is 12.5. The zero-order chi connectivity index (χ0) is 13.8. The van der Waals surface area contributed by atoms with Crippen LogP contribution in [0.5, 0.6) is 0 Å². The summed E-state index contributed by atoms with van der Waals surface area (Å²) in [6, 6.07) is 1.82. The van der Waals surface area contributed by atoms with Gasteiger partial charge in [-0.15, -0.1) is 10.2 Å². The number of amides is 1. The zero-order valence-electron chi connectivity index (χ0n) is 10.9. The molecule has 7 heteroatoms. The molecule has 6 nitrogen and oxygen atoms in total. The molecular formula is C12H16BrN5O. The van der Waals surface area contributed by atoms with E-state index in [1.165, 1.54) is 0 Å². The number of nitrogens with zero attached hydrogens (tertiary/aromatic N) is 4. The van der Waals surface area contributed by atoms with Crippen LogP contribution in [0.2, 0.25) is 0 Å². The number of nitrogens with one attached hydrogen (secondary N) is 1. The van der Waals surface area contributed by atoms with Crippen LogP contribution >= 0.6 is 15.9 Å². The molecule has 0 fully saturated rings. The third-order valence-electron chi connectivity index (χ3n) is 2.88. The van der Waals surface area contributed by atoms with Crippen molar-refractivity contribution in [2.75, 3.05) is 6.54 Å². The van der Waals surface area contributed by atoms with E-state index in [1.54, 1.807) is 6.33 Å². The smallest absolute Gasteiger partial charge is 0.267 e. The fourth-order valence-electron chi connectivity index (χ4n) is 1.84.